The Morgan fingerprint density at radius 2 is 1.79 bits per heavy atom. The van der Waals surface area contributed by atoms with Crippen molar-refractivity contribution in [3.8, 4) is 6.07 Å². The van der Waals surface area contributed by atoms with Crippen LogP contribution >= 0.6 is 23.2 Å². The van der Waals surface area contributed by atoms with Crippen molar-refractivity contribution in [1.29, 1.82) is 5.26 Å². The lowest BCUT2D eigenvalue weighted by Crippen LogP contribution is -2.46. The molecule has 4 atom stereocenters. The molecule has 1 N–H and O–H groups in total. The molecule has 9 heteroatoms. The number of esters is 1. The highest BCUT2D eigenvalue weighted by Crippen LogP contribution is 2.54. The SMILES string of the molecule is CC(C)(C)OC(=O)C1NC(CC(C)(C)C2=CCN(Cc3ccccc3)CC2)C(C#N)(c2ccc(Cl)cc2F)C1c1cccc(Cl)c1F. The molecule has 0 bridgehead atoms. The van der Waals surface area contributed by atoms with E-state index in [0.29, 0.717) is 6.42 Å². The third kappa shape index (κ3) is 7.27. The van der Waals surface area contributed by atoms with Gasteiger partial charge in [0.25, 0.3) is 0 Å². The molecule has 0 radical (unpaired) electrons. The van der Waals surface area contributed by atoms with Crippen molar-refractivity contribution < 1.29 is 18.3 Å². The predicted molar refractivity (Wildman–Crippen MR) is 182 cm³/mol. The van der Waals surface area contributed by atoms with E-state index in [0.717, 1.165) is 32.1 Å². The Morgan fingerprint density at radius 1 is 1.06 bits per heavy atom. The van der Waals surface area contributed by atoms with Gasteiger partial charge in [0.2, 0.25) is 0 Å². The molecule has 1 saturated heterocycles. The van der Waals surface area contributed by atoms with Gasteiger partial charge >= 0.3 is 5.97 Å². The predicted octanol–water partition coefficient (Wildman–Crippen LogP) is 8.75. The number of halogens is 4. The number of rotatable bonds is 8. The Labute approximate surface area is 286 Å². The van der Waals surface area contributed by atoms with Crippen molar-refractivity contribution in [2.75, 3.05) is 13.1 Å². The number of nitriles is 1. The minimum Gasteiger partial charge on any atom is -0.459 e. The minimum absolute atomic E-state index is 0.0276. The molecule has 0 amide bonds. The first kappa shape index (κ1) is 35.0. The number of nitrogens with zero attached hydrogens (tertiary/aromatic N) is 2. The number of carbonyl (C=O) groups is 1. The molecule has 0 spiro atoms. The number of benzene rings is 3. The maximum absolute atomic E-state index is 16.1. The first-order valence-electron chi connectivity index (χ1n) is 15.9. The Bertz CT molecular complexity index is 1700. The lowest BCUT2D eigenvalue weighted by molar-refractivity contribution is -0.157. The fourth-order valence-electron chi connectivity index (χ4n) is 7.24. The smallest absolute Gasteiger partial charge is 0.324 e. The highest BCUT2D eigenvalue weighted by atomic mass is 35.5. The average molecular weight is 681 g/mol. The van der Waals surface area contributed by atoms with Gasteiger partial charge in [0, 0.05) is 42.2 Å². The van der Waals surface area contributed by atoms with Crippen LogP contribution in [0.5, 0.6) is 0 Å². The summed E-state index contributed by atoms with van der Waals surface area (Å²) in [6.45, 7) is 11.9. The van der Waals surface area contributed by atoms with E-state index in [4.69, 9.17) is 27.9 Å². The summed E-state index contributed by atoms with van der Waals surface area (Å²) < 4.78 is 37.9. The lowest BCUT2D eigenvalue weighted by Gasteiger charge is -2.40. The summed E-state index contributed by atoms with van der Waals surface area (Å²) >= 11 is 12.4. The topological polar surface area (TPSA) is 65.4 Å². The first-order chi connectivity index (χ1) is 22.2. The van der Waals surface area contributed by atoms with E-state index >= 15 is 8.78 Å². The van der Waals surface area contributed by atoms with E-state index in [1.807, 2.05) is 18.2 Å². The van der Waals surface area contributed by atoms with Crippen LogP contribution in [0.4, 0.5) is 8.78 Å². The summed E-state index contributed by atoms with van der Waals surface area (Å²) in [6.07, 6.45) is 3.40. The molecule has 3 aromatic carbocycles. The molecule has 2 heterocycles. The summed E-state index contributed by atoms with van der Waals surface area (Å²) in [5.74, 6) is -3.32. The van der Waals surface area contributed by atoms with Crippen molar-refractivity contribution in [2.45, 2.75) is 83.0 Å². The van der Waals surface area contributed by atoms with Crippen LogP contribution in [0.1, 0.15) is 70.1 Å². The maximum atomic E-state index is 16.1. The summed E-state index contributed by atoms with van der Waals surface area (Å²) in [5, 5.41) is 14.6. The van der Waals surface area contributed by atoms with Crippen LogP contribution in [0.3, 0.4) is 0 Å². The molecule has 2 aliphatic rings. The zero-order valence-corrected chi connectivity index (χ0v) is 28.9. The number of ether oxygens (including phenoxy) is 1. The van der Waals surface area contributed by atoms with Gasteiger partial charge in [-0.2, -0.15) is 5.26 Å². The first-order valence-corrected chi connectivity index (χ1v) is 16.7. The van der Waals surface area contributed by atoms with Crippen LogP contribution < -0.4 is 5.32 Å². The van der Waals surface area contributed by atoms with E-state index in [1.54, 1.807) is 26.8 Å². The maximum Gasteiger partial charge on any atom is 0.324 e. The Kier molecular flexibility index (Phi) is 10.2. The van der Waals surface area contributed by atoms with Gasteiger partial charge in [-0.25, -0.2) is 8.78 Å². The van der Waals surface area contributed by atoms with E-state index < -0.39 is 52.0 Å². The molecule has 5 nitrogen and oxygen atoms in total. The van der Waals surface area contributed by atoms with Crippen LogP contribution in [0.25, 0.3) is 0 Å². The third-order valence-corrected chi connectivity index (χ3v) is 9.95. The van der Waals surface area contributed by atoms with E-state index in [1.165, 1.54) is 35.4 Å². The highest BCUT2D eigenvalue weighted by molar-refractivity contribution is 6.31. The summed E-state index contributed by atoms with van der Waals surface area (Å²) in [6, 6.07) is 19.4. The zero-order valence-electron chi connectivity index (χ0n) is 27.4. The Morgan fingerprint density at radius 3 is 2.40 bits per heavy atom. The van der Waals surface area contributed by atoms with Crippen LogP contribution in [0.2, 0.25) is 10.0 Å². The summed E-state index contributed by atoms with van der Waals surface area (Å²) in [4.78, 5) is 16.3. The van der Waals surface area contributed by atoms with Crippen LogP contribution in [-0.4, -0.2) is 41.6 Å². The van der Waals surface area contributed by atoms with E-state index in [9.17, 15) is 10.1 Å². The quantitative estimate of drug-likeness (QED) is 0.191. The number of carbonyl (C=O) groups excluding carboxylic acids is 1. The molecule has 248 valence electrons. The third-order valence-electron chi connectivity index (χ3n) is 9.42. The van der Waals surface area contributed by atoms with E-state index in [-0.39, 0.29) is 21.2 Å². The van der Waals surface area contributed by atoms with Gasteiger partial charge in [-0.15, -0.1) is 0 Å². The Hall–Kier alpha value is -3.28. The second-order valence-corrected chi connectivity index (χ2v) is 15.1. The molecule has 5 rings (SSSR count). The van der Waals surface area contributed by atoms with Crippen LogP contribution in [0.15, 0.2) is 78.4 Å². The van der Waals surface area contributed by atoms with Gasteiger partial charge in [-0.05, 0) is 68.4 Å². The van der Waals surface area contributed by atoms with Gasteiger partial charge in [-0.1, -0.05) is 97.2 Å². The van der Waals surface area contributed by atoms with Gasteiger partial charge < -0.3 is 4.74 Å². The molecule has 0 saturated carbocycles. The van der Waals surface area contributed by atoms with Gasteiger partial charge in [-0.3, -0.25) is 15.0 Å². The normalized spacial score (nSPS) is 23.7. The summed E-state index contributed by atoms with van der Waals surface area (Å²) in [7, 11) is 0. The monoisotopic (exact) mass is 679 g/mol. The molecule has 47 heavy (non-hydrogen) atoms. The molecule has 3 aromatic rings. The highest BCUT2D eigenvalue weighted by Gasteiger charge is 2.62. The largest absolute Gasteiger partial charge is 0.459 e. The molecule has 0 aliphatic carbocycles. The van der Waals surface area contributed by atoms with Crippen molar-refractivity contribution in [1.82, 2.24) is 10.2 Å². The molecule has 2 aliphatic heterocycles. The van der Waals surface area contributed by atoms with Crippen LogP contribution in [0, 0.1) is 28.4 Å². The molecular formula is C38H41Cl2F2N3O2. The molecule has 1 fully saturated rings. The molecule has 4 unspecified atom stereocenters. The van der Waals surface area contributed by atoms with Gasteiger partial charge in [0.15, 0.2) is 0 Å². The van der Waals surface area contributed by atoms with Gasteiger partial charge in [0.05, 0.1) is 11.1 Å². The number of hydrogen-bond donors (Lipinski definition) is 1. The Balaban J connectivity index is 1.59. The van der Waals surface area contributed by atoms with Crippen molar-refractivity contribution in [2.24, 2.45) is 5.41 Å². The fourth-order valence-corrected chi connectivity index (χ4v) is 7.58. The average Bonchev–Trinajstić information content (AvgIpc) is 3.32. The summed E-state index contributed by atoms with van der Waals surface area (Å²) in [5.41, 5.74) is -0.569. The molecular weight excluding hydrogens is 639 g/mol. The second-order valence-electron chi connectivity index (χ2n) is 14.2. The van der Waals surface area contributed by atoms with Crippen LogP contribution in [-0.2, 0) is 21.5 Å². The molecule has 0 aromatic heterocycles. The van der Waals surface area contributed by atoms with Gasteiger partial charge in [0.1, 0.15) is 28.7 Å². The number of nitrogens with one attached hydrogen (secondary N) is 1. The van der Waals surface area contributed by atoms with Crippen molar-refractivity contribution in [3.05, 3.63) is 117 Å². The fraction of sp³-hybridized carbons (Fsp3) is 0.421. The van der Waals surface area contributed by atoms with E-state index in [2.05, 4.69) is 48.3 Å². The second kappa shape index (κ2) is 13.7. The minimum atomic E-state index is -1.74. The van der Waals surface area contributed by atoms with Crippen molar-refractivity contribution in [3.63, 3.8) is 0 Å². The van der Waals surface area contributed by atoms with Crippen molar-refractivity contribution >= 4 is 29.2 Å². The lowest BCUT2D eigenvalue weighted by atomic mass is 9.61. The standard InChI is InChI=1S/C38H41Cl2F2N3O2/c1-36(2,3)47-35(46)34-32(27-12-9-13-29(40)33(27)42)38(23-43,28-15-14-26(39)20-30(28)41)31(44-34)21-37(4,5)25-16-18-45(19-17-25)22-24-10-7-6-8-11-24/h6-16,20,31-32,34,44H,17-19,21-22H2,1-5H3. The number of hydrogen-bond acceptors (Lipinski definition) is 5. The zero-order chi connectivity index (χ0) is 34.1.